The van der Waals surface area contributed by atoms with Gasteiger partial charge >= 0.3 is 5.97 Å². The number of benzene rings is 1. The van der Waals surface area contributed by atoms with Gasteiger partial charge in [-0.05, 0) is 37.5 Å². The van der Waals surface area contributed by atoms with Crippen LogP contribution in [0.1, 0.15) is 31.2 Å². The molecule has 0 saturated carbocycles. The van der Waals surface area contributed by atoms with Crippen molar-refractivity contribution in [3.05, 3.63) is 34.9 Å². The number of esters is 1. The summed E-state index contributed by atoms with van der Waals surface area (Å²) in [6.07, 6.45) is 1.97. The fourth-order valence-electron chi connectivity index (χ4n) is 2.41. The van der Waals surface area contributed by atoms with Crippen LogP contribution in [0.25, 0.3) is 0 Å². The Morgan fingerprint density at radius 3 is 2.65 bits per heavy atom. The summed E-state index contributed by atoms with van der Waals surface area (Å²) in [5.41, 5.74) is 0.591. The number of amides is 1. The van der Waals surface area contributed by atoms with Gasteiger partial charge in [0.1, 0.15) is 0 Å². The summed E-state index contributed by atoms with van der Waals surface area (Å²) < 4.78 is 5.05. The smallest absolute Gasteiger partial charge is 0.323 e. The first-order chi connectivity index (χ1) is 9.63. The Hall–Kier alpha value is -1.55. The van der Waals surface area contributed by atoms with Crippen molar-refractivity contribution in [2.24, 2.45) is 0 Å². The van der Waals surface area contributed by atoms with E-state index in [1.165, 1.54) is 0 Å². The molecular weight excluding hydrogens is 278 g/mol. The van der Waals surface area contributed by atoms with Crippen molar-refractivity contribution >= 4 is 23.5 Å². The number of ether oxygens (including phenoxy) is 1. The molecule has 0 N–H and O–H groups in total. The zero-order valence-electron chi connectivity index (χ0n) is 11.5. The molecule has 2 rings (SSSR count). The summed E-state index contributed by atoms with van der Waals surface area (Å²) in [7, 11) is 0. The number of carbonyl (C=O) groups excluding carboxylic acids is 2. The molecular formula is C15H18ClNO3. The Kier molecular flexibility index (Phi) is 5.01. The van der Waals surface area contributed by atoms with Crippen LogP contribution in [0.3, 0.4) is 0 Å². The van der Waals surface area contributed by atoms with Crippen LogP contribution in [0, 0.1) is 0 Å². The van der Waals surface area contributed by atoms with Gasteiger partial charge in [0, 0.05) is 18.1 Å². The predicted molar refractivity (Wildman–Crippen MR) is 76.6 cm³/mol. The predicted octanol–water partition coefficient (Wildman–Crippen LogP) is 2.61. The number of carbonyl (C=O) groups is 2. The third-order valence-corrected chi connectivity index (χ3v) is 3.60. The van der Waals surface area contributed by atoms with Crippen LogP contribution in [0.4, 0.5) is 0 Å². The van der Waals surface area contributed by atoms with E-state index in [-0.39, 0.29) is 12.5 Å². The molecule has 1 aromatic rings. The third-order valence-electron chi connectivity index (χ3n) is 3.37. The first kappa shape index (κ1) is 14.9. The van der Waals surface area contributed by atoms with E-state index in [1.54, 1.807) is 36.1 Å². The van der Waals surface area contributed by atoms with E-state index in [2.05, 4.69) is 0 Å². The van der Waals surface area contributed by atoms with E-state index in [9.17, 15) is 9.59 Å². The fourth-order valence-corrected chi connectivity index (χ4v) is 2.61. The molecule has 0 radical (unpaired) electrons. The second kappa shape index (κ2) is 6.75. The molecule has 0 aliphatic carbocycles. The molecule has 1 aliphatic rings. The van der Waals surface area contributed by atoms with Gasteiger partial charge in [0.15, 0.2) is 5.92 Å². The summed E-state index contributed by atoms with van der Waals surface area (Å²) >= 11 is 5.96. The van der Waals surface area contributed by atoms with Crippen molar-refractivity contribution in [2.45, 2.75) is 25.7 Å². The summed E-state index contributed by atoms with van der Waals surface area (Å²) in [5, 5.41) is 0.506. The number of rotatable bonds is 4. The van der Waals surface area contributed by atoms with Gasteiger partial charge in [-0.1, -0.05) is 23.7 Å². The molecule has 0 bridgehead atoms. The minimum Gasteiger partial charge on any atom is -0.465 e. The molecule has 1 fully saturated rings. The lowest BCUT2D eigenvalue weighted by Crippen LogP contribution is -2.37. The number of halogens is 1. The molecule has 0 spiro atoms. The highest BCUT2D eigenvalue weighted by Gasteiger charge is 2.34. The molecule has 20 heavy (non-hydrogen) atoms. The van der Waals surface area contributed by atoms with Crippen LogP contribution >= 0.6 is 11.6 Å². The first-order valence-electron chi connectivity index (χ1n) is 6.84. The molecule has 0 aromatic heterocycles. The number of nitrogens with zero attached hydrogens (tertiary/aromatic N) is 1. The average molecular weight is 296 g/mol. The Labute approximate surface area is 123 Å². The average Bonchev–Trinajstić information content (AvgIpc) is 2.93. The summed E-state index contributed by atoms with van der Waals surface area (Å²) in [6, 6.07) is 6.84. The Morgan fingerprint density at radius 2 is 2.05 bits per heavy atom. The van der Waals surface area contributed by atoms with Crippen LogP contribution in [-0.4, -0.2) is 36.5 Å². The number of hydrogen-bond donors (Lipinski definition) is 0. The standard InChI is InChI=1S/C15H18ClNO3/c1-2-20-15(19)13(11-6-5-7-12(16)10-11)14(18)17-8-3-4-9-17/h5-7,10,13H,2-4,8-9H2,1H3. The minimum absolute atomic E-state index is 0.191. The maximum absolute atomic E-state index is 12.6. The van der Waals surface area contributed by atoms with Crippen LogP contribution in [0.2, 0.25) is 5.02 Å². The molecule has 1 saturated heterocycles. The highest BCUT2D eigenvalue weighted by Crippen LogP contribution is 2.25. The van der Waals surface area contributed by atoms with Gasteiger partial charge in [0.25, 0.3) is 0 Å². The molecule has 1 unspecified atom stereocenters. The zero-order valence-corrected chi connectivity index (χ0v) is 12.2. The van der Waals surface area contributed by atoms with E-state index >= 15 is 0 Å². The molecule has 5 heteroatoms. The van der Waals surface area contributed by atoms with E-state index < -0.39 is 11.9 Å². The second-order valence-corrected chi connectivity index (χ2v) is 5.21. The van der Waals surface area contributed by atoms with Gasteiger partial charge in [-0.15, -0.1) is 0 Å². The van der Waals surface area contributed by atoms with Crippen LogP contribution in [-0.2, 0) is 14.3 Å². The molecule has 1 heterocycles. The Bertz CT molecular complexity index is 498. The van der Waals surface area contributed by atoms with E-state index in [1.807, 2.05) is 0 Å². The number of hydrogen-bond acceptors (Lipinski definition) is 3. The van der Waals surface area contributed by atoms with Gasteiger partial charge in [0.05, 0.1) is 6.61 Å². The van der Waals surface area contributed by atoms with Crippen molar-refractivity contribution in [2.75, 3.05) is 19.7 Å². The quantitative estimate of drug-likeness (QED) is 0.634. The van der Waals surface area contributed by atoms with Gasteiger partial charge in [-0.3, -0.25) is 9.59 Å². The SMILES string of the molecule is CCOC(=O)C(C(=O)N1CCCC1)c1cccc(Cl)c1. The highest BCUT2D eigenvalue weighted by molar-refractivity contribution is 6.30. The molecule has 1 atom stereocenters. The molecule has 108 valence electrons. The molecule has 4 nitrogen and oxygen atoms in total. The lowest BCUT2D eigenvalue weighted by atomic mass is 9.97. The lowest BCUT2D eigenvalue weighted by Gasteiger charge is -2.22. The Morgan fingerprint density at radius 1 is 1.35 bits per heavy atom. The molecule has 1 amide bonds. The highest BCUT2D eigenvalue weighted by atomic mass is 35.5. The zero-order chi connectivity index (χ0) is 14.5. The van der Waals surface area contributed by atoms with Crippen molar-refractivity contribution in [1.82, 2.24) is 4.90 Å². The number of likely N-dealkylation sites (tertiary alicyclic amines) is 1. The lowest BCUT2D eigenvalue weighted by molar-refractivity contribution is -0.151. The minimum atomic E-state index is -0.910. The van der Waals surface area contributed by atoms with Crippen molar-refractivity contribution in [3.8, 4) is 0 Å². The topological polar surface area (TPSA) is 46.6 Å². The van der Waals surface area contributed by atoms with E-state index in [4.69, 9.17) is 16.3 Å². The Balaban J connectivity index is 2.28. The van der Waals surface area contributed by atoms with E-state index in [0.717, 1.165) is 12.8 Å². The van der Waals surface area contributed by atoms with Gasteiger partial charge in [-0.25, -0.2) is 0 Å². The summed E-state index contributed by atoms with van der Waals surface area (Å²) in [4.78, 5) is 26.4. The molecule has 1 aliphatic heterocycles. The summed E-state index contributed by atoms with van der Waals surface area (Å²) in [5.74, 6) is -1.61. The van der Waals surface area contributed by atoms with Crippen LogP contribution in [0.15, 0.2) is 24.3 Å². The first-order valence-corrected chi connectivity index (χ1v) is 7.22. The maximum Gasteiger partial charge on any atom is 0.323 e. The van der Waals surface area contributed by atoms with Crippen molar-refractivity contribution in [1.29, 1.82) is 0 Å². The fraction of sp³-hybridized carbons (Fsp3) is 0.467. The largest absolute Gasteiger partial charge is 0.465 e. The van der Waals surface area contributed by atoms with E-state index in [0.29, 0.717) is 23.7 Å². The third kappa shape index (κ3) is 3.31. The molecule has 1 aromatic carbocycles. The van der Waals surface area contributed by atoms with Gasteiger partial charge in [0.2, 0.25) is 5.91 Å². The normalized spacial score (nSPS) is 16.0. The monoisotopic (exact) mass is 295 g/mol. The second-order valence-electron chi connectivity index (χ2n) is 4.77. The van der Waals surface area contributed by atoms with Crippen LogP contribution in [0.5, 0.6) is 0 Å². The van der Waals surface area contributed by atoms with Crippen molar-refractivity contribution < 1.29 is 14.3 Å². The summed E-state index contributed by atoms with van der Waals surface area (Å²) in [6.45, 7) is 3.39. The van der Waals surface area contributed by atoms with Crippen LogP contribution < -0.4 is 0 Å². The van der Waals surface area contributed by atoms with Gasteiger partial charge in [-0.2, -0.15) is 0 Å². The van der Waals surface area contributed by atoms with Gasteiger partial charge < -0.3 is 9.64 Å². The van der Waals surface area contributed by atoms with Crippen molar-refractivity contribution in [3.63, 3.8) is 0 Å². The maximum atomic E-state index is 12.6.